The molecule has 0 saturated carbocycles. The Morgan fingerprint density at radius 2 is 2.16 bits per heavy atom. The summed E-state index contributed by atoms with van der Waals surface area (Å²) in [4.78, 5) is 23.2. The van der Waals surface area contributed by atoms with Crippen LogP contribution in [0, 0.1) is 10.1 Å². The molecule has 0 atom stereocenters. The van der Waals surface area contributed by atoms with Crippen molar-refractivity contribution in [3.63, 3.8) is 0 Å². The maximum absolute atomic E-state index is 11.3. The first-order chi connectivity index (χ1) is 8.95. The molecule has 0 aliphatic rings. The molecular weight excluding hydrogens is 250 g/mol. The normalized spacial score (nSPS) is 10.1. The Morgan fingerprint density at radius 3 is 2.68 bits per heavy atom. The van der Waals surface area contributed by atoms with Crippen LogP contribution in [0.4, 0.5) is 5.69 Å². The minimum absolute atomic E-state index is 0.0528. The molecule has 19 heavy (non-hydrogen) atoms. The number of rotatable bonds is 6. The van der Waals surface area contributed by atoms with Crippen molar-refractivity contribution >= 4 is 11.6 Å². The van der Waals surface area contributed by atoms with Crippen molar-refractivity contribution in [2.24, 2.45) is 0 Å². The first-order valence-corrected chi connectivity index (χ1v) is 5.68. The molecule has 0 radical (unpaired) electrons. The van der Waals surface area contributed by atoms with Gasteiger partial charge in [0.15, 0.2) is 5.75 Å². The Bertz CT molecular complexity index is 474. The molecule has 0 bridgehead atoms. The fraction of sp³-hybridized carbons (Fsp3) is 0.417. The van der Waals surface area contributed by atoms with Crippen LogP contribution in [0.3, 0.4) is 0 Å². The molecule has 1 aromatic carbocycles. The molecule has 104 valence electrons. The summed E-state index contributed by atoms with van der Waals surface area (Å²) in [5, 5.41) is 13.8. The molecule has 1 aromatic rings. The van der Waals surface area contributed by atoms with Gasteiger partial charge in [0.25, 0.3) is 0 Å². The van der Waals surface area contributed by atoms with Gasteiger partial charge in [0.1, 0.15) is 0 Å². The number of benzene rings is 1. The number of nitro benzene ring substituents is 1. The van der Waals surface area contributed by atoms with Gasteiger partial charge in [-0.2, -0.15) is 0 Å². The third-order valence-corrected chi connectivity index (χ3v) is 2.54. The number of hydrogen-bond donors (Lipinski definition) is 1. The minimum atomic E-state index is -0.493. The molecule has 0 unspecified atom stereocenters. The van der Waals surface area contributed by atoms with Crippen LogP contribution in [0.2, 0.25) is 0 Å². The number of nitrogens with zero attached hydrogens (tertiary/aromatic N) is 2. The van der Waals surface area contributed by atoms with Crippen LogP contribution in [0.25, 0.3) is 0 Å². The van der Waals surface area contributed by atoms with E-state index >= 15 is 0 Å². The Kier molecular flexibility index (Phi) is 5.25. The number of hydrogen-bond acceptors (Lipinski definition) is 5. The molecule has 0 aliphatic heterocycles. The van der Waals surface area contributed by atoms with Crippen LogP contribution in [0.5, 0.6) is 5.75 Å². The van der Waals surface area contributed by atoms with E-state index < -0.39 is 4.92 Å². The zero-order valence-corrected chi connectivity index (χ0v) is 11.2. The van der Waals surface area contributed by atoms with Gasteiger partial charge >= 0.3 is 5.69 Å². The maximum Gasteiger partial charge on any atom is 0.311 e. The predicted octanol–water partition coefficient (Wildman–Crippen LogP) is 0.781. The van der Waals surface area contributed by atoms with Crippen molar-refractivity contribution in [1.29, 1.82) is 0 Å². The highest BCUT2D eigenvalue weighted by Crippen LogP contribution is 2.27. The third kappa shape index (κ3) is 4.22. The van der Waals surface area contributed by atoms with Gasteiger partial charge in [-0.25, -0.2) is 0 Å². The van der Waals surface area contributed by atoms with E-state index in [9.17, 15) is 14.9 Å². The fourth-order valence-corrected chi connectivity index (χ4v) is 1.46. The SMILES string of the molecule is COc1ccc(CNCC(=O)N(C)C)cc1[N+](=O)[O-]. The molecule has 0 spiro atoms. The van der Waals surface area contributed by atoms with E-state index in [0.29, 0.717) is 6.54 Å². The lowest BCUT2D eigenvalue weighted by Gasteiger charge is -2.11. The monoisotopic (exact) mass is 267 g/mol. The van der Waals surface area contributed by atoms with Crippen LogP contribution >= 0.6 is 0 Å². The average molecular weight is 267 g/mol. The minimum Gasteiger partial charge on any atom is -0.490 e. The summed E-state index contributed by atoms with van der Waals surface area (Å²) < 4.78 is 4.91. The van der Waals surface area contributed by atoms with Crippen LogP contribution < -0.4 is 10.1 Å². The smallest absolute Gasteiger partial charge is 0.311 e. The lowest BCUT2D eigenvalue weighted by atomic mass is 10.2. The van der Waals surface area contributed by atoms with E-state index in [2.05, 4.69) is 5.32 Å². The second-order valence-corrected chi connectivity index (χ2v) is 4.16. The first kappa shape index (κ1) is 14.9. The number of ether oxygens (including phenoxy) is 1. The molecule has 1 N–H and O–H groups in total. The van der Waals surface area contributed by atoms with E-state index in [1.54, 1.807) is 26.2 Å². The molecule has 7 nitrogen and oxygen atoms in total. The molecule has 0 aliphatic carbocycles. The molecule has 1 rings (SSSR count). The second-order valence-electron chi connectivity index (χ2n) is 4.16. The Morgan fingerprint density at radius 1 is 1.47 bits per heavy atom. The quantitative estimate of drug-likeness (QED) is 0.608. The van der Waals surface area contributed by atoms with E-state index in [-0.39, 0.29) is 23.9 Å². The van der Waals surface area contributed by atoms with E-state index in [1.807, 2.05) is 0 Å². The van der Waals surface area contributed by atoms with Gasteiger partial charge in [0, 0.05) is 26.7 Å². The van der Waals surface area contributed by atoms with Crippen LogP contribution in [-0.2, 0) is 11.3 Å². The average Bonchev–Trinajstić information content (AvgIpc) is 2.38. The molecular formula is C12H17N3O4. The predicted molar refractivity (Wildman–Crippen MR) is 70.0 cm³/mol. The molecule has 7 heteroatoms. The van der Waals surface area contributed by atoms with Crippen molar-refractivity contribution in [2.45, 2.75) is 6.54 Å². The second kappa shape index (κ2) is 6.69. The summed E-state index contributed by atoms with van der Waals surface area (Å²) in [5.41, 5.74) is 0.639. The Hall–Kier alpha value is -2.15. The molecule has 0 heterocycles. The van der Waals surface area contributed by atoms with Gasteiger partial charge in [-0.1, -0.05) is 6.07 Å². The topological polar surface area (TPSA) is 84.7 Å². The van der Waals surface area contributed by atoms with Gasteiger partial charge in [0.05, 0.1) is 18.6 Å². The number of likely N-dealkylation sites (N-methyl/N-ethyl adjacent to an activating group) is 1. The summed E-state index contributed by atoms with van der Waals surface area (Å²) in [6.07, 6.45) is 0. The summed E-state index contributed by atoms with van der Waals surface area (Å²) in [7, 11) is 4.72. The number of amides is 1. The molecule has 0 fully saturated rings. The van der Waals surface area contributed by atoms with E-state index in [1.165, 1.54) is 18.1 Å². The van der Waals surface area contributed by atoms with E-state index in [4.69, 9.17) is 4.74 Å². The lowest BCUT2D eigenvalue weighted by Crippen LogP contribution is -2.32. The van der Waals surface area contributed by atoms with Crippen molar-refractivity contribution in [3.05, 3.63) is 33.9 Å². The van der Waals surface area contributed by atoms with Gasteiger partial charge in [0.2, 0.25) is 5.91 Å². The zero-order valence-electron chi connectivity index (χ0n) is 11.2. The largest absolute Gasteiger partial charge is 0.490 e. The molecule has 1 amide bonds. The summed E-state index contributed by atoms with van der Waals surface area (Å²) >= 11 is 0. The van der Waals surface area contributed by atoms with Gasteiger partial charge < -0.3 is 15.0 Å². The van der Waals surface area contributed by atoms with Crippen molar-refractivity contribution in [2.75, 3.05) is 27.7 Å². The number of carbonyl (C=O) groups excluding carboxylic acids is 1. The summed E-state index contributed by atoms with van der Waals surface area (Å²) in [5.74, 6) is 0.168. The number of nitrogens with one attached hydrogen (secondary N) is 1. The van der Waals surface area contributed by atoms with Gasteiger partial charge in [-0.05, 0) is 11.6 Å². The van der Waals surface area contributed by atoms with E-state index in [0.717, 1.165) is 5.56 Å². The zero-order chi connectivity index (χ0) is 14.4. The fourth-order valence-electron chi connectivity index (χ4n) is 1.46. The van der Waals surface area contributed by atoms with Gasteiger partial charge in [-0.15, -0.1) is 0 Å². The Balaban J connectivity index is 2.67. The standard InChI is InChI=1S/C12H17N3O4/c1-14(2)12(16)8-13-7-9-4-5-11(19-3)10(6-9)15(17)18/h4-6,13H,7-8H2,1-3H3. The van der Waals surface area contributed by atoms with Crippen molar-refractivity contribution in [1.82, 2.24) is 10.2 Å². The van der Waals surface area contributed by atoms with Crippen LogP contribution in [0.1, 0.15) is 5.56 Å². The highest BCUT2D eigenvalue weighted by atomic mass is 16.6. The van der Waals surface area contributed by atoms with Crippen LogP contribution in [-0.4, -0.2) is 43.5 Å². The maximum atomic E-state index is 11.3. The lowest BCUT2D eigenvalue weighted by molar-refractivity contribution is -0.385. The molecule has 0 saturated heterocycles. The van der Waals surface area contributed by atoms with Gasteiger partial charge in [-0.3, -0.25) is 14.9 Å². The summed E-state index contributed by atoms with van der Waals surface area (Å²) in [6, 6.07) is 4.70. The Labute approximate surface area is 111 Å². The highest BCUT2D eigenvalue weighted by molar-refractivity contribution is 5.77. The third-order valence-electron chi connectivity index (χ3n) is 2.54. The number of methoxy groups -OCH3 is 1. The van der Waals surface area contributed by atoms with Crippen molar-refractivity contribution < 1.29 is 14.5 Å². The van der Waals surface area contributed by atoms with Crippen molar-refractivity contribution in [3.8, 4) is 5.75 Å². The van der Waals surface area contributed by atoms with Crippen LogP contribution in [0.15, 0.2) is 18.2 Å². The number of carbonyl (C=O) groups is 1. The first-order valence-electron chi connectivity index (χ1n) is 5.68. The summed E-state index contributed by atoms with van der Waals surface area (Å²) in [6.45, 7) is 0.567. The molecule has 0 aromatic heterocycles. The highest BCUT2D eigenvalue weighted by Gasteiger charge is 2.15. The number of nitro groups is 1.